The maximum atomic E-state index is 11.1. The van der Waals surface area contributed by atoms with E-state index in [-0.39, 0.29) is 12.1 Å². The molecule has 3 N–H and O–H groups in total. The van der Waals surface area contributed by atoms with E-state index in [0.29, 0.717) is 5.84 Å². The van der Waals surface area contributed by atoms with Crippen LogP contribution in [0.4, 0.5) is 4.79 Å². The maximum absolute atomic E-state index is 11.1. The van der Waals surface area contributed by atoms with Crippen molar-refractivity contribution in [2.24, 2.45) is 10.7 Å². The van der Waals surface area contributed by atoms with Crippen LogP contribution in [0.1, 0.15) is 25.7 Å². The number of carbonyl (C=O) groups excluding carboxylic acids is 1. The van der Waals surface area contributed by atoms with Gasteiger partial charge in [-0.3, -0.25) is 0 Å². The van der Waals surface area contributed by atoms with E-state index in [1.165, 1.54) is 0 Å². The van der Waals surface area contributed by atoms with Crippen molar-refractivity contribution in [3.8, 4) is 0 Å². The molecular formula is C9H15N3O2. The monoisotopic (exact) mass is 197 g/mol. The predicted octanol–water partition coefficient (Wildman–Crippen LogP) is 0.395. The van der Waals surface area contributed by atoms with Crippen molar-refractivity contribution in [2.45, 2.75) is 37.3 Å². The van der Waals surface area contributed by atoms with Gasteiger partial charge in [-0.2, -0.15) is 4.99 Å². The number of rotatable bonds is 1. The minimum absolute atomic E-state index is 0.177. The van der Waals surface area contributed by atoms with Gasteiger partial charge in [-0.05, 0) is 19.3 Å². The van der Waals surface area contributed by atoms with Crippen LogP contribution in [-0.2, 0) is 4.74 Å². The predicted molar refractivity (Wildman–Crippen MR) is 52.2 cm³/mol. The van der Waals surface area contributed by atoms with Crippen molar-refractivity contribution in [3.05, 3.63) is 0 Å². The van der Waals surface area contributed by atoms with Crippen molar-refractivity contribution >= 4 is 11.9 Å². The molecule has 78 valence electrons. The number of nitrogens with zero attached hydrogens (tertiary/aromatic N) is 1. The summed E-state index contributed by atoms with van der Waals surface area (Å²) in [5.74, 6) is 0.421. The van der Waals surface area contributed by atoms with Gasteiger partial charge in [0.25, 0.3) is 0 Å². The molecule has 0 aromatic rings. The molecule has 2 atom stereocenters. The molecule has 2 rings (SSSR count). The van der Waals surface area contributed by atoms with E-state index in [2.05, 4.69) is 10.3 Å². The third-order valence-electron chi connectivity index (χ3n) is 3.10. The Morgan fingerprint density at radius 2 is 2.50 bits per heavy atom. The second-order valence-corrected chi connectivity index (χ2v) is 3.96. The highest BCUT2D eigenvalue weighted by Gasteiger charge is 2.44. The summed E-state index contributed by atoms with van der Waals surface area (Å²) in [4.78, 5) is 14.8. The molecule has 0 saturated heterocycles. The lowest BCUT2D eigenvalue weighted by molar-refractivity contribution is 0.0512. The Morgan fingerprint density at radius 3 is 3.07 bits per heavy atom. The Labute approximate surface area is 82.7 Å². The minimum atomic E-state index is -0.421. The fourth-order valence-electron chi connectivity index (χ4n) is 2.28. The quantitative estimate of drug-likeness (QED) is 0.638. The van der Waals surface area contributed by atoms with E-state index in [0.717, 1.165) is 25.7 Å². The van der Waals surface area contributed by atoms with Crippen LogP contribution in [0.5, 0.6) is 0 Å². The van der Waals surface area contributed by atoms with Gasteiger partial charge < -0.3 is 15.8 Å². The lowest BCUT2D eigenvalue weighted by Gasteiger charge is -2.36. The number of aliphatic imine (C=N–C) groups is 1. The summed E-state index contributed by atoms with van der Waals surface area (Å²) >= 11 is 0. The highest BCUT2D eigenvalue weighted by molar-refractivity contribution is 6.05. The highest BCUT2D eigenvalue weighted by atomic mass is 16.5. The van der Waals surface area contributed by atoms with E-state index in [9.17, 15) is 4.79 Å². The highest BCUT2D eigenvalue weighted by Crippen LogP contribution is 2.32. The molecule has 2 amide bonds. The number of hydrogen-bond donors (Lipinski definition) is 2. The smallest absolute Gasteiger partial charge is 0.343 e. The van der Waals surface area contributed by atoms with Crippen molar-refractivity contribution in [3.63, 3.8) is 0 Å². The summed E-state index contributed by atoms with van der Waals surface area (Å²) < 4.78 is 5.30. The molecule has 1 heterocycles. The number of carbonyl (C=O) groups is 1. The van der Waals surface area contributed by atoms with E-state index in [1.807, 2.05) is 0 Å². The van der Waals surface area contributed by atoms with Crippen LogP contribution >= 0.6 is 0 Å². The molecule has 0 radical (unpaired) electrons. The summed E-state index contributed by atoms with van der Waals surface area (Å²) in [7, 11) is 1.69. The Balaban J connectivity index is 2.16. The number of amidine groups is 1. The van der Waals surface area contributed by atoms with Gasteiger partial charge in [0, 0.05) is 13.5 Å². The molecule has 1 spiro atoms. The molecule has 5 nitrogen and oxygen atoms in total. The Morgan fingerprint density at radius 1 is 1.71 bits per heavy atom. The van der Waals surface area contributed by atoms with Gasteiger partial charge in [-0.1, -0.05) is 0 Å². The molecule has 1 aliphatic carbocycles. The summed E-state index contributed by atoms with van der Waals surface area (Å²) in [6.07, 6.45) is 3.82. The zero-order valence-corrected chi connectivity index (χ0v) is 8.25. The van der Waals surface area contributed by atoms with Gasteiger partial charge >= 0.3 is 6.03 Å². The molecule has 0 aromatic carbocycles. The first-order valence-corrected chi connectivity index (χ1v) is 4.86. The molecule has 0 bridgehead atoms. The lowest BCUT2D eigenvalue weighted by atomic mass is 9.80. The summed E-state index contributed by atoms with van der Waals surface area (Å²) in [6.45, 7) is 0. The number of nitrogens with two attached hydrogens (primary N) is 1. The molecule has 2 unspecified atom stereocenters. The number of nitrogens with one attached hydrogen (secondary N) is 1. The van der Waals surface area contributed by atoms with Crippen LogP contribution in [0.2, 0.25) is 0 Å². The average molecular weight is 197 g/mol. The average Bonchev–Trinajstić information content (AvgIpc) is 2.42. The van der Waals surface area contributed by atoms with Crippen LogP contribution in [-0.4, -0.2) is 30.6 Å². The second-order valence-electron chi connectivity index (χ2n) is 3.96. The fourth-order valence-corrected chi connectivity index (χ4v) is 2.28. The summed E-state index contributed by atoms with van der Waals surface area (Å²) in [5.41, 5.74) is 5.34. The topological polar surface area (TPSA) is 76.7 Å². The first-order valence-electron chi connectivity index (χ1n) is 4.86. The standard InChI is InChI=1S/C9H15N3O2/c1-14-6-3-2-4-9(5-6)7(10)11-8(13)12-9/h6H,2-5H2,1H3,(H3,10,11,12,13). The number of ether oxygens (including phenoxy) is 1. The molecule has 14 heavy (non-hydrogen) atoms. The van der Waals surface area contributed by atoms with Gasteiger partial charge in [-0.15, -0.1) is 0 Å². The Bertz CT molecular complexity index is 290. The normalized spacial score (nSPS) is 37.1. The van der Waals surface area contributed by atoms with Crippen LogP contribution in [0.15, 0.2) is 4.99 Å². The van der Waals surface area contributed by atoms with E-state index < -0.39 is 5.54 Å². The molecule has 5 heteroatoms. The van der Waals surface area contributed by atoms with Gasteiger partial charge in [0.2, 0.25) is 0 Å². The van der Waals surface area contributed by atoms with Gasteiger partial charge in [0.15, 0.2) is 0 Å². The largest absolute Gasteiger partial charge is 0.385 e. The molecule has 2 aliphatic rings. The van der Waals surface area contributed by atoms with Gasteiger partial charge in [0.05, 0.1) is 6.10 Å². The molecule has 1 aliphatic heterocycles. The molecule has 1 saturated carbocycles. The number of urea groups is 1. The van der Waals surface area contributed by atoms with Crippen LogP contribution in [0.25, 0.3) is 0 Å². The molecule has 0 aromatic heterocycles. The lowest BCUT2D eigenvalue weighted by Crippen LogP contribution is -2.55. The Kier molecular flexibility index (Phi) is 2.19. The molecule has 1 fully saturated rings. The number of methoxy groups -OCH3 is 1. The summed E-state index contributed by atoms with van der Waals surface area (Å²) in [6, 6.07) is -0.320. The SMILES string of the molecule is COC1CCCC2(C1)NC(=O)N=C2N. The summed E-state index contributed by atoms with van der Waals surface area (Å²) in [5, 5.41) is 2.84. The van der Waals surface area contributed by atoms with Crippen molar-refractivity contribution in [1.29, 1.82) is 0 Å². The Hall–Kier alpha value is -1.10. The van der Waals surface area contributed by atoms with Crippen molar-refractivity contribution < 1.29 is 9.53 Å². The first kappa shape index (κ1) is 9.45. The van der Waals surface area contributed by atoms with Gasteiger partial charge in [-0.25, -0.2) is 4.79 Å². The zero-order valence-electron chi connectivity index (χ0n) is 8.25. The van der Waals surface area contributed by atoms with E-state index in [4.69, 9.17) is 10.5 Å². The molecular weight excluding hydrogens is 182 g/mol. The van der Waals surface area contributed by atoms with E-state index in [1.54, 1.807) is 7.11 Å². The first-order chi connectivity index (χ1) is 6.66. The third kappa shape index (κ3) is 1.37. The third-order valence-corrected chi connectivity index (χ3v) is 3.10. The number of amides is 2. The van der Waals surface area contributed by atoms with Gasteiger partial charge in [0.1, 0.15) is 11.4 Å². The van der Waals surface area contributed by atoms with Crippen molar-refractivity contribution in [1.82, 2.24) is 5.32 Å². The van der Waals surface area contributed by atoms with Crippen LogP contribution in [0, 0.1) is 0 Å². The maximum Gasteiger partial charge on any atom is 0.343 e. The van der Waals surface area contributed by atoms with E-state index >= 15 is 0 Å². The second kappa shape index (κ2) is 3.24. The minimum Gasteiger partial charge on any atom is -0.385 e. The zero-order chi connectivity index (χ0) is 10.2. The fraction of sp³-hybridized carbons (Fsp3) is 0.778. The van der Waals surface area contributed by atoms with Crippen LogP contribution in [0.3, 0.4) is 0 Å². The number of hydrogen-bond acceptors (Lipinski definition) is 3. The van der Waals surface area contributed by atoms with Crippen LogP contribution < -0.4 is 11.1 Å². The van der Waals surface area contributed by atoms with Crippen molar-refractivity contribution in [2.75, 3.05) is 7.11 Å².